The molecular weight excluding hydrogens is 590 g/mol. The van der Waals surface area contributed by atoms with Crippen LogP contribution in [-0.2, 0) is 4.79 Å². The smallest absolute Gasteiger partial charge is 0.220 e. The second kappa shape index (κ2) is 39.5. The van der Waals surface area contributed by atoms with Crippen LogP contribution in [0.25, 0.3) is 0 Å². The Labute approximate surface area is 298 Å². The maximum absolute atomic E-state index is 12.3. The van der Waals surface area contributed by atoms with Crippen molar-refractivity contribution < 1.29 is 15.0 Å². The molecule has 0 radical (unpaired) electrons. The lowest BCUT2D eigenvalue weighted by Gasteiger charge is -2.22. The number of carbonyl (C=O) groups is 1. The van der Waals surface area contributed by atoms with Gasteiger partial charge in [0, 0.05) is 6.42 Å². The lowest BCUT2D eigenvalue weighted by molar-refractivity contribution is -0.123. The summed E-state index contributed by atoms with van der Waals surface area (Å²) in [5.74, 6) is -0.0892. The van der Waals surface area contributed by atoms with Crippen molar-refractivity contribution in [3.05, 3.63) is 60.8 Å². The number of allylic oxidation sites excluding steroid dienone is 10. The van der Waals surface area contributed by atoms with Crippen LogP contribution in [0.15, 0.2) is 60.8 Å². The van der Waals surface area contributed by atoms with Crippen molar-refractivity contribution in [3.8, 4) is 0 Å². The molecule has 2 atom stereocenters. The molecule has 2 unspecified atom stereocenters. The number of aliphatic hydroxyl groups excluding tert-OH is 2. The summed E-state index contributed by atoms with van der Waals surface area (Å²) >= 11 is 0. The van der Waals surface area contributed by atoms with Gasteiger partial charge in [-0.2, -0.15) is 0 Å². The Hall–Kier alpha value is -1.91. The summed E-state index contributed by atoms with van der Waals surface area (Å²) in [6.45, 7) is 4.22. The van der Waals surface area contributed by atoms with Crippen molar-refractivity contribution in [2.45, 2.75) is 206 Å². The first-order valence-corrected chi connectivity index (χ1v) is 20.5. The van der Waals surface area contributed by atoms with Crippen molar-refractivity contribution in [2.75, 3.05) is 6.61 Å². The zero-order valence-electron chi connectivity index (χ0n) is 31.7. The SMILES string of the molecule is CC/C=C\C/C=C\C/C=C\C/C=C\C/C=C\CCCC(=O)NC(CO)C(O)CCCCCCCCCCCCCCCCCCCCC. The van der Waals surface area contributed by atoms with Gasteiger partial charge in [-0.05, 0) is 51.4 Å². The molecule has 4 nitrogen and oxygen atoms in total. The number of carbonyl (C=O) groups excluding carboxylic acids is 1. The first kappa shape index (κ1) is 46.1. The molecule has 0 aromatic rings. The summed E-state index contributed by atoms with van der Waals surface area (Å²) in [4.78, 5) is 12.3. The normalized spacial score (nSPS) is 13.7. The second-order valence-electron chi connectivity index (χ2n) is 13.7. The van der Waals surface area contributed by atoms with E-state index in [-0.39, 0.29) is 12.5 Å². The van der Waals surface area contributed by atoms with E-state index < -0.39 is 12.1 Å². The molecule has 0 fully saturated rings. The molecule has 4 heteroatoms. The molecule has 0 aliphatic carbocycles. The van der Waals surface area contributed by atoms with Gasteiger partial charge in [-0.3, -0.25) is 4.79 Å². The number of hydrogen-bond acceptors (Lipinski definition) is 3. The first-order valence-electron chi connectivity index (χ1n) is 20.5. The summed E-state index contributed by atoms with van der Waals surface area (Å²) in [5.41, 5.74) is 0. The van der Waals surface area contributed by atoms with Gasteiger partial charge in [0.1, 0.15) is 0 Å². The van der Waals surface area contributed by atoms with Crippen LogP contribution in [0.1, 0.15) is 194 Å². The van der Waals surface area contributed by atoms with E-state index in [1.165, 1.54) is 109 Å². The molecule has 0 saturated carbocycles. The van der Waals surface area contributed by atoms with Crippen LogP contribution in [0, 0.1) is 0 Å². The van der Waals surface area contributed by atoms with Crippen molar-refractivity contribution in [3.63, 3.8) is 0 Å². The second-order valence-corrected chi connectivity index (χ2v) is 13.7. The van der Waals surface area contributed by atoms with E-state index in [2.05, 4.69) is 79.9 Å². The van der Waals surface area contributed by atoms with Gasteiger partial charge in [-0.1, -0.05) is 197 Å². The number of unbranched alkanes of at least 4 members (excludes halogenated alkanes) is 19. The highest BCUT2D eigenvalue weighted by Gasteiger charge is 2.19. The molecule has 0 rings (SSSR count). The van der Waals surface area contributed by atoms with E-state index in [1.807, 2.05) is 0 Å². The minimum absolute atomic E-state index is 0.0892. The summed E-state index contributed by atoms with van der Waals surface area (Å²) in [6.07, 6.45) is 54.3. The van der Waals surface area contributed by atoms with E-state index >= 15 is 0 Å². The van der Waals surface area contributed by atoms with Crippen LogP contribution in [0.5, 0.6) is 0 Å². The number of aliphatic hydroxyl groups is 2. The third kappa shape index (κ3) is 35.4. The fraction of sp³-hybridized carbons (Fsp3) is 0.750. The average molecular weight is 670 g/mol. The Morgan fingerprint density at radius 3 is 1.29 bits per heavy atom. The molecule has 278 valence electrons. The molecule has 1 amide bonds. The molecular formula is C44H79NO3. The molecule has 0 aromatic carbocycles. The lowest BCUT2D eigenvalue weighted by Crippen LogP contribution is -2.45. The van der Waals surface area contributed by atoms with E-state index in [9.17, 15) is 15.0 Å². The highest BCUT2D eigenvalue weighted by atomic mass is 16.3. The van der Waals surface area contributed by atoms with Gasteiger partial charge in [-0.25, -0.2) is 0 Å². The molecule has 0 heterocycles. The van der Waals surface area contributed by atoms with Crippen molar-refractivity contribution in [2.24, 2.45) is 0 Å². The standard InChI is InChI=1S/C44H79NO3/c1-3-5-7-9-11-13-15-17-19-21-22-24-25-27-29-31-33-35-37-39-43(47)42(41-46)45-44(48)40-38-36-34-32-30-28-26-23-20-18-16-14-12-10-8-6-4-2/h6,8,12,14,18,20,26,28,32,34,42-43,46-47H,3-5,7,9-11,13,15-17,19,21-25,27,29-31,33,35-41H2,1-2H3,(H,45,48)/b8-6-,14-12-,20-18-,28-26-,34-32-. The van der Waals surface area contributed by atoms with Gasteiger partial charge in [0.15, 0.2) is 0 Å². The van der Waals surface area contributed by atoms with Gasteiger partial charge < -0.3 is 15.5 Å². The molecule has 0 aromatic heterocycles. The third-order valence-corrected chi connectivity index (χ3v) is 9.04. The predicted octanol–water partition coefficient (Wildman–Crippen LogP) is 12.6. The van der Waals surface area contributed by atoms with Gasteiger partial charge in [-0.15, -0.1) is 0 Å². The minimum Gasteiger partial charge on any atom is -0.394 e. The highest BCUT2D eigenvalue weighted by molar-refractivity contribution is 5.76. The van der Waals surface area contributed by atoms with Crippen molar-refractivity contribution in [1.82, 2.24) is 5.32 Å². The number of amides is 1. The highest BCUT2D eigenvalue weighted by Crippen LogP contribution is 2.15. The van der Waals surface area contributed by atoms with E-state index in [0.717, 1.165) is 57.8 Å². The van der Waals surface area contributed by atoms with Crippen LogP contribution in [0.3, 0.4) is 0 Å². The van der Waals surface area contributed by atoms with Gasteiger partial charge >= 0.3 is 0 Å². The molecule has 48 heavy (non-hydrogen) atoms. The molecule has 0 bridgehead atoms. The van der Waals surface area contributed by atoms with Crippen LogP contribution in [0.4, 0.5) is 0 Å². The minimum atomic E-state index is -0.685. The molecule has 0 saturated heterocycles. The lowest BCUT2D eigenvalue weighted by atomic mass is 10.0. The van der Waals surface area contributed by atoms with Gasteiger partial charge in [0.25, 0.3) is 0 Å². The fourth-order valence-electron chi connectivity index (χ4n) is 5.92. The zero-order valence-corrected chi connectivity index (χ0v) is 31.7. The summed E-state index contributed by atoms with van der Waals surface area (Å²) in [5, 5.41) is 23.1. The maximum Gasteiger partial charge on any atom is 0.220 e. The Morgan fingerprint density at radius 2 is 0.896 bits per heavy atom. The summed E-state index contributed by atoms with van der Waals surface area (Å²) in [6, 6.07) is -0.568. The quantitative estimate of drug-likeness (QED) is 0.0459. The number of rotatable bonds is 36. The van der Waals surface area contributed by atoms with Crippen LogP contribution < -0.4 is 5.32 Å². The number of hydrogen-bond donors (Lipinski definition) is 3. The molecule has 3 N–H and O–H groups in total. The third-order valence-electron chi connectivity index (χ3n) is 9.04. The Bertz CT molecular complexity index is 812. The summed E-state index contributed by atoms with van der Waals surface area (Å²) < 4.78 is 0. The largest absolute Gasteiger partial charge is 0.394 e. The molecule has 0 aliphatic rings. The van der Waals surface area contributed by atoms with Crippen LogP contribution >= 0.6 is 0 Å². The Kier molecular flexibility index (Phi) is 38.0. The van der Waals surface area contributed by atoms with Crippen LogP contribution in [0.2, 0.25) is 0 Å². The maximum atomic E-state index is 12.3. The Morgan fingerprint density at radius 1 is 0.521 bits per heavy atom. The molecule has 0 aliphatic heterocycles. The van der Waals surface area contributed by atoms with Crippen molar-refractivity contribution >= 4 is 5.91 Å². The first-order chi connectivity index (χ1) is 23.7. The predicted molar refractivity (Wildman–Crippen MR) is 211 cm³/mol. The van der Waals surface area contributed by atoms with Crippen LogP contribution in [-0.4, -0.2) is 34.9 Å². The topological polar surface area (TPSA) is 69.6 Å². The van der Waals surface area contributed by atoms with Gasteiger partial charge in [0.2, 0.25) is 5.91 Å². The Balaban J connectivity index is 3.64. The molecule has 0 spiro atoms. The summed E-state index contributed by atoms with van der Waals surface area (Å²) in [7, 11) is 0. The fourth-order valence-corrected chi connectivity index (χ4v) is 5.92. The number of nitrogens with one attached hydrogen (secondary N) is 1. The van der Waals surface area contributed by atoms with Crippen molar-refractivity contribution in [1.29, 1.82) is 0 Å². The monoisotopic (exact) mass is 670 g/mol. The zero-order chi connectivity index (χ0) is 35.0. The van der Waals surface area contributed by atoms with E-state index in [1.54, 1.807) is 0 Å². The van der Waals surface area contributed by atoms with E-state index in [4.69, 9.17) is 0 Å². The van der Waals surface area contributed by atoms with E-state index in [0.29, 0.717) is 12.8 Å². The van der Waals surface area contributed by atoms with Gasteiger partial charge in [0.05, 0.1) is 18.8 Å². The average Bonchev–Trinajstić information content (AvgIpc) is 3.09.